The van der Waals surface area contributed by atoms with Crippen molar-refractivity contribution >= 4 is 11.7 Å². The number of ether oxygens (including phenoxy) is 2. The molecule has 0 heterocycles. The van der Waals surface area contributed by atoms with Crippen LogP contribution in [-0.2, 0) is 9.53 Å². The van der Waals surface area contributed by atoms with Gasteiger partial charge in [-0.3, -0.25) is 0 Å². The summed E-state index contributed by atoms with van der Waals surface area (Å²) in [6.07, 6.45) is 0.678. The summed E-state index contributed by atoms with van der Waals surface area (Å²) in [4.78, 5) is 11.4. The lowest BCUT2D eigenvalue weighted by Gasteiger charge is -2.16. The van der Waals surface area contributed by atoms with E-state index < -0.39 is 0 Å². The van der Waals surface area contributed by atoms with Crippen molar-refractivity contribution in [1.82, 2.24) is 0 Å². The molecule has 4 heteroatoms. The lowest BCUT2D eigenvalue weighted by Crippen LogP contribution is -2.29. The lowest BCUT2D eigenvalue weighted by atomic mass is 10.1. The zero-order chi connectivity index (χ0) is 12.8. The number of esters is 1. The van der Waals surface area contributed by atoms with E-state index in [1.807, 2.05) is 32.0 Å². The van der Waals surface area contributed by atoms with Crippen LogP contribution in [0.25, 0.3) is 0 Å². The van der Waals surface area contributed by atoms with E-state index in [2.05, 4.69) is 5.32 Å². The lowest BCUT2D eigenvalue weighted by molar-refractivity contribution is -0.141. The van der Waals surface area contributed by atoms with Crippen molar-refractivity contribution in [1.29, 1.82) is 0 Å². The van der Waals surface area contributed by atoms with Crippen molar-refractivity contribution in [2.45, 2.75) is 26.3 Å². The molecule has 0 bridgehead atoms. The van der Waals surface area contributed by atoms with Crippen molar-refractivity contribution in [3.05, 3.63) is 23.8 Å². The Morgan fingerprint density at radius 2 is 2.12 bits per heavy atom. The number of benzene rings is 1. The van der Waals surface area contributed by atoms with Crippen LogP contribution in [0.5, 0.6) is 5.75 Å². The largest absolute Gasteiger partial charge is 0.496 e. The summed E-state index contributed by atoms with van der Waals surface area (Å²) >= 11 is 0. The minimum absolute atomic E-state index is 0.249. The summed E-state index contributed by atoms with van der Waals surface area (Å²) < 4.78 is 9.90. The maximum Gasteiger partial charge on any atom is 0.328 e. The number of carbonyl (C=O) groups is 1. The minimum atomic E-state index is -0.312. The number of nitrogens with one attached hydrogen (secondary N) is 1. The highest BCUT2D eigenvalue weighted by Gasteiger charge is 2.16. The van der Waals surface area contributed by atoms with E-state index in [4.69, 9.17) is 9.47 Å². The first kappa shape index (κ1) is 13.4. The topological polar surface area (TPSA) is 47.6 Å². The number of methoxy groups -OCH3 is 2. The summed E-state index contributed by atoms with van der Waals surface area (Å²) in [6, 6.07) is 5.40. The monoisotopic (exact) mass is 237 g/mol. The Labute approximate surface area is 102 Å². The molecule has 0 fully saturated rings. The number of hydrogen-bond acceptors (Lipinski definition) is 4. The first-order valence-corrected chi connectivity index (χ1v) is 5.61. The van der Waals surface area contributed by atoms with E-state index in [9.17, 15) is 4.79 Å². The van der Waals surface area contributed by atoms with Gasteiger partial charge in [-0.2, -0.15) is 0 Å². The number of carbonyl (C=O) groups excluding carboxylic acids is 1. The molecule has 1 unspecified atom stereocenters. The molecule has 0 saturated heterocycles. The Morgan fingerprint density at radius 3 is 2.59 bits per heavy atom. The smallest absolute Gasteiger partial charge is 0.328 e. The van der Waals surface area contributed by atoms with E-state index in [-0.39, 0.29) is 12.0 Å². The number of aryl methyl sites for hydroxylation is 1. The van der Waals surface area contributed by atoms with E-state index in [0.29, 0.717) is 6.42 Å². The summed E-state index contributed by atoms with van der Waals surface area (Å²) in [5, 5.41) is 3.14. The number of anilines is 1. The van der Waals surface area contributed by atoms with Gasteiger partial charge in [-0.25, -0.2) is 4.79 Å². The summed E-state index contributed by atoms with van der Waals surface area (Å²) in [7, 11) is 3.03. The van der Waals surface area contributed by atoms with Gasteiger partial charge in [0.05, 0.1) is 14.2 Å². The van der Waals surface area contributed by atoms with Gasteiger partial charge in [0.2, 0.25) is 0 Å². The van der Waals surface area contributed by atoms with E-state index in [1.165, 1.54) is 7.11 Å². The third kappa shape index (κ3) is 3.37. The predicted octanol–water partition coefficient (Wildman–Crippen LogP) is 2.37. The van der Waals surface area contributed by atoms with Gasteiger partial charge < -0.3 is 14.8 Å². The summed E-state index contributed by atoms with van der Waals surface area (Å²) in [5.74, 6) is 0.586. The molecule has 0 saturated carbocycles. The van der Waals surface area contributed by atoms with Crippen LogP contribution in [0.3, 0.4) is 0 Å². The normalized spacial score (nSPS) is 11.8. The standard InChI is InChI=1S/C13H19NO3/c1-5-11(13(15)17-4)14-10-6-7-12(16-3)9(2)8-10/h6-8,11,14H,5H2,1-4H3. The Kier molecular flexibility index (Phi) is 4.82. The van der Waals surface area contributed by atoms with Crippen LogP contribution in [0, 0.1) is 6.92 Å². The molecule has 0 amide bonds. The van der Waals surface area contributed by atoms with Gasteiger partial charge in [-0.1, -0.05) is 6.92 Å². The summed E-state index contributed by atoms with van der Waals surface area (Å²) in [5.41, 5.74) is 1.91. The fraction of sp³-hybridized carbons (Fsp3) is 0.462. The van der Waals surface area contributed by atoms with Crippen LogP contribution >= 0.6 is 0 Å². The van der Waals surface area contributed by atoms with E-state index >= 15 is 0 Å². The molecule has 0 aliphatic rings. The Balaban J connectivity index is 2.80. The van der Waals surface area contributed by atoms with Crippen LogP contribution < -0.4 is 10.1 Å². The van der Waals surface area contributed by atoms with Gasteiger partial charge in [0.15, 0.2) is 0 Å². The quantitative estimate of drug-likeness (QED) is 0.799. The highest BCUT2D eigenvalue weighted by Crippen LogP contribution is 2.22. The molecular weight excluding hydrogens is 218 g/mol. The van der Waals surface area contributed by atoms with Crippen LogP contribution in [0.15, 0.2) is 18.2 Å². The molecule has 0 aliphatic carbocycles. The average Bonchev–Trinajstić information content (AvgIpc) is 2.35. The third-order valence-corrected chi connectivity index (χ3v) is 2.63. The fourth-order valence-electron chi connectivity index (χ4n) is 1.64. The van der Waals surface area contributed by atoms with Crippen LogP contribution in [0.1, 0.15) is 18.9 Å². The second-order valence-electron chi connectivity index (χ2n) is 3.81. The third-order valence-electron chi connectivity index (χ3n) is 2.63. The van der Waals surface area contributed by atoms with Crippen LogP contribution in [-0.4, -0.2) is 26.2 Å². The van der Waals surface area contributed by atoms with Crippen LogP contribution in [0.4, 0.5) is 5.69 Å². The zero-order valence-corrected chi connectivity index (χ0v) is 10.7. The molecule has 0 aliphatic heterocycles. The molecule has 0 spiro atoms. The zero-order valence-electron chi connectivity index (χ0n) is 10.7. The molecule has 1 aromatic carbocycles. The number of hydrogen-bond donors (Lipinski definition) is 1. The Hall–Kier alpha value is -1.71. The minimum Gasteiger partial charge on any atom is -0.496 e. The van der Waals surface area contributed by atoms with Gasteiger partial charge in [0.25, 0.3) is 0 Å². The second kappa shape index (κ2) is 6.13. The Morgan fingerprint density at radius 1 is 1.41 bits per heavy atom. The average molecular weight is 237 g/mol. The maximum absolute atomic E-state index is 11.4. The first-order valence-electron chi connectivity index (χ1n) is 5.61. The highest BCUT2D eigenvalue weighted by molar-refractivity contribution is 5.79. The fourth-order valence-corrected chi connectivity index (χ4v) is 1.64. The van der Waals surface area contributed by atoms with Crippen molar-refractivity contribution in [2.24, 2.45) is 0 Å². The van der Waals surface area contributed by atoms with E-state index in [0.717, 1.165) is 17.0 Å². The Bertz CT molecular complexity index is 390. The summed E-state index contributed by atoms with van der Waals surface area (Å²) in [6.45, 7) is 3.90. The predicted molar refractivity (Wildman–Crippen MR) is 67.4 cm³/mol. The molecule has 1 aromatic rings. The van der Waals surface area contributed by atoms with Gasteiger partial charge in [0.1, 0.15) is 11.8 Å². The van der Waals surface area contributed by atoms with Gasteiger partial charge >= 0.3 is 5.97 Å². The molecule has 4 nitrogen and oxygen atoms in total. The van der Waals surface area contributed by atoms with Gasteiger partial charge in [0, 0.05) is 5.69 Å². The second-order valence-corrected chi connectivity index (χ2v) is 3.81. The SMILES string of the molecule is CCC(Nc1ccc(OC)c(C)c1)C(=O)OC. The molecule has 1 atom stereocenters. The number of rotatable bonds is 5. The molecule has 0 aromatic heterocycles. The first-order chi connectivity index (χ1) is 8.12. The molecule has 94 valence electrons. The highest BCUT2D eigenvalue weighted by atomic mass is 16.5. The van der Waals surface area contributed by atoms with Crippen molar-refractivity contribution < 1.29 is 14.3 Å². The molecule has 1 N–H and O–H groups in total. The van der Waals surface area contributed by atoms with Crippen molar-refractivity contribution in [3.63, 3.8) is 0 Å². The van der Waals surface area contributed by atoms with Crippen LogP contribution in [0.2, 0.25) is 0 Å². The molecule has 0 radical (unpaired) electrons. The molecule has 17 heavy (non-hydrogen) atoms. The van der Waals surface area contributed by atoms with Gasteiger partial charge in [-0.15, -0.1) is 0 Å². The van der Waals surface area contributed by atoms with Crippen molar-refractivity contribution in [3.8, 4) is 5.75 Å². The van der Waals surface area contributed by atoms with Crippen molar-refractivity contribution in [2.75, 3.05) is 19.5 Å². The van der Waals surface area contributed by atoms with E-state index in [1.54, 1.807) is 7.11 Å². The van der Waals surface area contributed by atoms with Gasteiger partial charge in [-0.05, 0) is 37.1 Å². The maximum atomic E-state index is 11.4. The molecular formula is C13H19NO3. The molecule has 1 rings (SSSR count).